The monoisotopic (exact) mass is 269 g/mol. The number of aliphatic hydroxyl groups is 1. The summed E-state index contributed by atoms with van der Waals surface area (Å²) in [6.45, 7) is 0. The molecule has 3 saturated carbocycles. The summed E-state index contributed by atoms with van der Waals surface area (Å²) in [7, 11) is 0. The highest BCUT2D eigenvalue weighted by molar-refractivity contribution is 5.72. The van der Waals surface area contributed by atoms with Crippen LogP contribution in [0.1, 0.15) is 25.2 Å². The van der Waals surface area contributed by atoms with Gasteiger partial charge >= 0.3 is 0 Å². The molecule has 3 heteroatoms. The first-order valence-corrected chi connectivity index (χ1v) is 7.84. The zero-order chi connectivity index (χ0) is 13.3. The molecule has 2 aromatic rings. The molecular weight excluding hydrogens is 250 g/mol. The molecule has 0 spiro atoms. The van der Waals surface area contributed by atoms with E-state index in [-0.39, 0.29) is 6.10 Å². The molecule has 1 aromatic carbocycles. The zero-order valence-electron chi connectivity index (χ0n) is 11.4. The number of hydrogen-bond acceptors (Lipinski definition) is 3. The number of aliphatic hydroxyl groups excluding tert-OH is 1. The van der Waals surface area contributed by atoms with Gasteiger partial charge in [-0.05, 0) is 61.0 Å². The van der Waals surface area contributed by atoms with Gasteiger partial charge in [0.1, 0.15) is 5.52 Å². The lowest BCUT2D eigenvalue weighted by atomic mass is 9.97. The number of nitrogens with zero attached hydrogens (tertiary/aromatic N) is 1. The second kappa shape index (κ2) is 3.85. The van der Waals surface area contributed by atoms with E-state index in [1.54, 1.807) is 0 Å². The van der Waals surface area contributed by atoms with E-state index in [2.05, 4.69) is 4.98 Å². The van der Waals surface area contributed by atoms with Gasteiger partial charge in [-0.3, -0.25) is 0 Å². The highest BCUT2D eigenvalue weighted by Crippen LogP contribution is 2.70. The maximum Gasteiger partial charge on any atom is 0.198 e. The van der Waals surface area contributed by atoms with E-state index >= 15 is 0 Å². The van der Waals surface area contributed by atoms with Crippen molar-refractivity contribution < 1.29 is 9.52 Å². The van der Waals surface area contributed by atoms with E-state index in [1.807, 2.05) is 24.3 Å². The number of oxazole rings is 1. The Balaban J connectivity index is 1.34. The molecule has 0 aliphatic heterocycles. The second-order valence-electron chi connectivity index (χ2n) is 6.91. The first-order valence-electron chi connectivity index (χ1n) is 7.84. The van der Waals surface area contributed by atoms with Gasteiger partial charge in [0.05, 0.1) is 12.5 Å². The summed E-state index contributed by atoms with van der Waals surface area (Å²) in [4.78, 5) is 4.48. The van der Waals surface area contributed by atoms with E-state index in [9.17, 15) is 5.11 Å². The van der Waals surface area contributed by atoms with Crippen molar-refractivity contribution in [2.75, 3.05) is 0 Å². The molecule has 1 heterocycles. The van der Waals surface area contributed by atoms with Crippen molar-refractivity contribution in [3.63, 3.8) is 0 Å². The van der Waals surface area contributed by atoms with Crippen LogP contribution in [0.4, 0.5) is 0 Å². The molecule has 2 bridgehead atoms. The average Bonchev–Trinajstić information content (AvgIpc) is 2.78. The van der Waals surface area contributed by atoms with Gasteiger partial charge in [-0.15, -0.1) is 0 Å². The normalized spacial score (nSPS) is 39.1. The average molecular weight is 269 g/mol. The Bertz CT molecular complexity index is 615. The van der Waals surface area contributed by atoms with Gasteiger partial charge in [0.2, 0.25) is 0 Å². The van der Waals surface area contributed by atoms with Crippen molar-refractivity contribution >= 4 is 11.1 Å². The topological polar surface area (TPSA) is 46.3 Å². The summed E-state index contributed by atoms with van der Waals surface area (Å²) < 4.78 is 5.74. The fraction of sp³-hybridized carbons (Fsp3) is 0.588. The maximum absolute atomic E-state index is 10.5. The van der Waals surface area contributed by atoms with Crippen LogP contribution in [0, 0.1) is 29.6 Å². The van der Waals surface area contributed by atoms with Gasteiger partial charge in [0.15, 0.2) is 11.5 Å². The smallest absolute Gasteiger partial charge is 0.198 e. The van der Waals surface area contributed by atoms with Crippen LogP contribution >= 0.6 is 0 Å². The quantitative estimate of drug-likeness (QED) is 0.931. The molecule has 5 atom stereocenters. The van der Waals surface area contributed by atoms with Gasteiger partial charge in [0, 0.05) is 0 Å². The van der Waals surface area contributed by atoms with Crippen LogP contribution in [0.3, 0.4) is 0 Å². The van der Waals surface area contributed by atoms with Gasteiger partial charge in [-0.2, -0.15) is 0 Å². The number of aromatic nitrogens is 1. The Morgan fingerprint density at radius 1 is 1.20 bits per heavy atom. The molecule has 20 heavy (non-hydrogen) atoms. The van der Waals surface area contributed by atoms with Crippen LogP contribution in [0.2, 0.25) is 0 Å². The van der Waals surface area contributed by atoms with Crippen molar-refractivity contribution in [2.45, 2.75) is 31.8 Å². The van der Waals surface area contributed by atoms with Crippen molar-refractivity contribution in [1.82, 2.24) is 4.98 Å². The Morgan fingerprint density at radius 2 is 1.95 bits per heavy atom. The summed E-state index contributed by atoms with van der Waals surface area (Å²) in [5, 5.41) is 10.5. The number of hydrogen-bond donors (Lipinski definition) is 1. The lowest BCUT2D eigenvalue weighted by Crippen LogP contribution is -2.18. The van der Waals surface area contributed by atoms with Crippen LogP contribution in [0.25, 0.3) is 11.1 Å². The molecule has 0 saturated heterocycles. The number of fused-ring (bicyclic) bond motifs is 6. The van der Waals surface area contributed by atoms with Crippen LogP contribution in [0.15, 0.2) is 28.7 Å². The van der Waals surface area contributed by atoms with Gasteiger partial charge in [-0.25, -0.2) is 4.98 Å². The van der Waals surface area contributed by atoms with E-state index in [0.29, 0.717) is 18.2 Å². The molecule has 1 aromatic heterocycles. The molecule has 104 valence electrons. The second-order valence-corrected chi connectivity index (χ2v) is 6.91. The number of benzene rings is 1. The molecule has 3 fully saturated rings. The molecule has 0 amide bonds. The predicted molar refractivity (Wildman–Crippen MR) is 75.0 cm³/mol. The zero-order valence-corrected chi connectivity index (χ0v) is 11.4. The summed E-state index contributed by atoms with van der Waals surface area (Å²) in [6, 6.07) is 7.82. The van der Waals surface area contributed by atoms with Gasteiger partial charge in [-0.1, -0.05) is 12.1 Å². The fourth-order valence-electron chi connectivity index (χ4n) is 5.23. The van der Waals surface area contributed by atoms with E-state index < -0.39 is 0 Å². The molecule has 5 rings (SSSR count). The SMILES string of the molecule is OC(Cc1nc2ccccc2o1)C1C2C3CCC(C3)C12. The van der Waals surface area contributed by atoms with E-state index in [1.165, 1.54) is 19.3 Å². The summed E-state index contributed by atoms with van der Waals surface area (Å²) in [5.74, 6) is 4.66. The minimum atomic E-state index is -0.263. The number of rotatable bonds is 3. The molecule has 3 aliphatic carbocycles. The third-order valence-corrected chi connectivity index (χ3v) is 5.96. The van der Waals surface area contributed by atoms with E-state index in [0.717, 1.165) is 34.8 Å². The summed E-state index contributed by atoms with van der Waals surface area (Å²) in [6.07, 6.45) is 4.55. The van der Waals surface area contributed by atoms with Crippen molar-refractivity contribution in [2.24, 2.45) is 29.6 Å². The van der Waals surface area contributed by atoms with Crippen molar-refractivity contribution in [3.8, 4) is 0 Å². The highest BCUT2D eigenvalue weighted by atomic mass is 16.4. The highest BCUT2D eigenvalue weighted by Gasteiger charge is 2.66. The van der Waals surface area contributed by atoms with Crippen LogP contribution < -0.4 is 0 Å². The minimum Gasteiger partial charge on any atom is -0.441 e. The summed E-state index contributed by atoms with van der Waals surface area (Å²) in [5.41, 5.74) is 1.72. The molecule has 1 N–H and O–H groups in total. The molecule has 3 nitrogen and oxygen atoms in total. The predicted octanol–water partition coefficient (Wildman–Crippen LogP) is 3.02. The van der Waals surface area contributed by atoms with Crippen LogP contribution in [-0.2, 0) is 6.42 Å². The lowest BCUT2D eigenvalue weighted by Gasteiger charge is -2.13. The molecule has 0 radical (unpaired) electrons. The van der Waals surface area contributed by atoms with Gasteiger partial charge in [0.25, 0.3) is 0 Å². The third kappa shape index (κ3) is 1.47. The maximum atomic E-state index is 10.5. The Labute approximate surface area is 118 Å². The Hall–Kier alpha value is -1.35. The third-order valence-electron chi connectivity index (χ3n) is 5.96. The largest absolute Gasteiger partial charge is 0.441 e. The van der Waals surface area contributed by atoms with Crippen LogP contribution in [-0.4, -0.2) is 16.2 Å². The molecule has 5 unspecified atom stereocenters. The Morgan fingerprint density at radius 3 is 2.70 bits per heavy atom. The molecule has 3 aliphatic rings. The van der Waals surface area contributed by atoms with Crippen LogP contribution in [0.5, 0.6) is 0 Å². The summed E-state index contributed by atoms with van der Waals surface area (Å²) >= 11 is 0. The lowest BCUT2D eigenvalue weighted by molar-refractivity contribution is 0.122. The van der Waals surface area contributed by atoms with E-state index in [4.69, 9.17) is 4.42 Å². The minimum absolute atomic E-state index is 0.263. The first kappa shape index (κ1) is 11.3. The van der Waals surface area contributed by atoms with Crippen molar-refractivity contribution in [3.05, 3.63) is 30.2 Å². The first-order chi connectivity index (χ1) is 9.81. The van der Waals surface area contributed by atoms with Crippen molar-refractivity contribution in [1.29, 1.82) is 0 Å². The standard InChI is InChI=1S/C17H19NO2/c19-12(17-15-9-5-6-10(7-9)16(15)17)8-14-18-11-3-1-2-4-13(11)20-14/h1-4,9-10,12,15-17,19H,5-8H2. The Kier molecular flexibility index (Phi) is 2.18. The fourth-order valence-corrected chi connectivity index (χ4v) is 5.23. The van der Waals surface area contributed by atoms with Gasteiger partial charge < -0.3 is 9.52 Å². The number of para-hydroxylation sites is 2. The molecular formula is C17H19NO2.